The van der Waals surface area contributed by atoms with Gasteiger partial charge in [-0.05, 0) is 12.3 Å². The number of thioether (sulfide) groups is 1. The Bertz CT molecular complexity index is 2050. The van der Waals surface area contributed by atoms with Crippen molar-refractivity contribution in [3.63, 3.8) is 0 Å². The summed E-state index contributed by atoms with van der Waals surface area (Å²) < 4.78 is 52.7. The average Bonchev–Trinajstić information content (AvgIpc) is 3.26. The van der Waals surface area contributed by atoms with Crippen molar-refractivity contribution < 1.29 is 42.3 Å². The molecule has 46 heavy (non-hydrogen) atoms. The van der Waals surface area contributed by atoms with E-state index in [0.29, 0.717) is 17.6 Å². The van der Waals surface area contributed by atoms with Crippen LogP contribution in [0.25, 0.3) is 22.3 Å². The predicted octanol–water partition coefficient (Wildman–Crippen LogP) is -0.0238. The normalized spacial score (nSPS) is 41.0. The van der Waals surface area contributed by atoms with Gasteiger partial charge in [-0.2, -0.15) is 4.98 Å². The molecule has 4 fully saturated rings. The molecule has 8 N–H and O–H groups in total. The summed E-state index contributed by atoms with van der Waals surface area (Å²) >= 11 is 5.19. The Morgan fingerprint density at radius 1 is 1.04 bits per heavy atom. The molecule has 11 atom stereocenters. The maximum atomic E-state index is 13.6. The van der Waals surface area contributed by atoms with E-state index >= 15 is 0 Å². The summed E-state index contributed by atoms with van der Waals surface area (Å²) in [4.78, 5) is 46.3. The Morgan fingerprint density at radius 3 is 2.61 bits per heavy atom. The molecule has 246 valence electrons. The molecule has 4 aromatic heterocycles. The molecule has 0 aromatic carbocycles. The highest BCUT2D eigenvalue weighted by molar-refractivity contribution is 8.44. The van der Waals surface area contributed by atoms with Gasteiger partial charge in [0.15, 0.2) is 22.6 Å². The van der Waals surface area contributed by atoms with E-state index in [-0.39, 0.29) is 22.9 Å². The van der Waals surface area contributed by atoms with E-state index in [1.165, 1.54) is 23.5 Å². The molecule has 20 nitrogen and oxygen atoms in total. The Morgan fingerprint density at radius 2 is 1.80 bits per heavy atom. The first-order chi connectivity index (χ1) is 21.8. The van der Waals surface area contributed by atoms with Crippen LogP contribution >= 0.6 is 38.6 Å². The first kappa shape index (κ1) is 30.7. The van der Waals surface area contributed by atoms with Crippen molar-refractivity contribution in [1.82, 2.24) is 39.0 Å². The second-order valence-electron chi connectivity index (χ2n) is 11.5. The van der Waals surface area contributed by atoms with Crippen molar-refractivity contribution in [2.45, 2.75) is 47.5 Å². The van der Waals surface area contributed by atoms with Crippen LogP contribution < -0.4 is 17.0 Å². The van der Waals surface area contributed by atoms with Gasteiger partial charge in [-0.25, -0.2) is 29.1 Å². The molecule has 6 heterocycles. The number of thiol groups is 1. The number of nitrogen functional groups attached to an aromatic ring is 2. The van der Waals surface area contributed by atoms with Crippen LogP contribution in [0.4, 0.5) is 11.8 Å². The third-order valence-electron chi connectivity index (χ3n) is 8.96. The minimum absolute atomic E-state index is 0.0340. The zero-order valence-electron chi connectivity index (χ0n) is 23.2. The van der Waals surface area contributed by atoms with Gasteiger partial charge in [0.25, 0.3) is 5.56 Å². The Kier molecular flexibility index (Phi) is 6.97. The fourth-order valence-corrected chi connectivity index (χ4v) is 11.0. The van der Waals surface area contributed by atoms with Crippen LogP contribution in [-0.4, -0.2) is 97.0 Å². The SMILES string of the molecule is Nc1nc2c(ncn2[C@@H]2S[C@@H]3CO[P@](=O)(S)O[C@H]4[C@@H](O)[C@H](n5cnc6c(N)ncnc65)C5C[C@@]54COP(=O)(O)O[C@@H]2[C@@H]3O)c(=O)[nH]1. The quantitative estimate of drug-likeness (QED) is 0.106. The number of anilines is 2. The number of aromatic amines is 1. The summed E-state index contributed by atoms with van der Waals surface area (Å²) in [5.74, 6) is -0.480. The summed E-state index contributed by atoms with van der Waals surface area (Å²) in [6, 6.07) is -0.733. The van der Waals surface area contributed by atoms with Crippen molar-refractivity contribution in [3.05, 3.63) is 29.3 Å². The molecule has 2 aliphatic carbocycles. The second kappa shape index (κ2) is 10.4. The molecule has 1 spiro atoms. The third kappa shape index (κ3) is 4.73. The van der Waals surface area contributed by atoms with E-state index in [4.69, 9.17) is 29.6 Å². The van der Waals surface area contributed by atoms with Gasteiger partial charge in [0.2, 0.25) is 5.95 Å². The molecule has 2 saturated heterocycles. The van der Waals surface area contributed by atoms with Crippen LogP contribution in [0, 0.1) is 11.3 Å². The number of phosphoric acid groups is 1. The van der Waals surface area contributed by atoms with Crippen molar-refractivity contribution in [1.29, 1.82) is 0 Å². The minimum Gasteiger partial charge on any atom is -0.389 e. The molecule has 24 heteroatoms. The standard InChI is InChI=1S/C22H26N10O10P2S2/c23-16-9-17(26-4-25-16)31(5-27-9)11-7-1-22(7)3-40-43(36,37)41-14-12(33)8(2-39-44(38,45)42-15(22)13(11)34)46-20(14)32-6-28-10-18(32)29-21(24)30-19(10)35/h4-8,11-15,20,33-34H,1-3H2,(H,36,37)(H,38,45)(H2,23,25,26)(H3,24,29,30,35)/t7?,8-,11-,12-,13+,14-,15+,20-,22-,44+/m1/s1. The molecule has 8 rings (SSSR count). The van der Waals surface area contributed by atoms with Crippen LogP contribution in [0.1, 0.15) is 17.8 Å². The number of aromatic nitrogens is 8. The lowest BCUT2D eigenvalue weighted by molar-refractivity contribution is -0.0224. The highest BCUT2D eigenvalue weighted by Gasteiger charge is 2.74. The topological polar surface area (TPSA) is 291 Å². The highest BCUT2D eigenvalue weighted by Crippen LogP contribution is 2.73. The summed E-state index contributed by atoms with van der Waals surface area (Å²) in [5.41, 5.74) is 10.6. The predicted molar refractivity (Wildman–Crippen MR) is 162 cm³/mol. The number of hydrogen-bond acceptors (Lipinski definition) is 17. The Hall–Kier alpha value is -2.62. The number of nitrogens with two attached hydrogens (primary N) is 2. The van der Waals surface area contributed by atoms with Gasteiger partial charge in [-0.15, -0.1) is 11.8 Å². The molecule has 0 radical (unpaired) electrons. The maximum Gasteiger partial charge on any atom is 0.472 e. The molecular weight excluding hydrogens is 690 g/mol. The number of phosphoric ester groups is 1. The fourth-order valence-electron chi connectivity index (χ4n) is 6.81. The van der Waals surface area contributed by atoms with Gasteiger partial charge in [-0.3, -0.25) is 32.4 Å². The number of aliphatic hydroxyl groups excluding tert-OH is 2. The first-order valence-electron chi connectivity index (χ1n) is 13.8. The van der Waals surface area contributed by atoms with Crippen molar-refractivity contribution >= 4 is 72.7 Å². The monoisotopic (exact) mass is 716 g/mol. The average molecular weight is 717 g/mol. The molecule has 4 aliphatic rings. The smallest absolute Gasteiger partial charge is 0.389 e. The van der Waals surface area contributed by atoms with Gasteiger partial charge in [-0.1, -0.05) is 12.2 Å². The van der Waals surface area contributed by atoms with E-state index in [2.05, 4.69) is 42.2 Å². The molecular formula is C22H26N10O10P2S2. The van der Waals surface area contributed by atoms with Crippen molar-refractivity contribution in [3.8, 4) is 0 Å². The number of nitrogens with one attached hydrogen (secondary N) is 1. The zero-order chi connectivity index (χ0) is 32.3. The number of rotatable bonds is 2. The summed E-state index contributed by atoms with van der Waals surface area (Å²) in [7, 11) is -4.94. The lowest BCUT2D eigenvalue weighted by Gasteiger charge is -2.30. The minimum atomic E-state index is -4.94. The van der Waals surface area contributed by atoms with Crippen molar-refractivity contribution in [2.24, 2.45) is 11.3 Å². The lowest BCUT2D eigenvalue weighted by Crippen LogP contribution is -2.37. The lowest BCUT2D eigenvalue weighted by atomic mass is 10.0. The first-order valence-corrected chi connectivity index (χ1v) is 18.9. The zero-order valence-corrected chi connectivity index (χ0v) is 26.7. The van der Waals surface area contributed by atoms with E-state index in [0.717, 1.165) is 11.8 Å². The van der Waals surface area contributed by atoms with E-state index < -0.39 is 85.8 Å². The Labute approximate surface area is 266 Å². The molecule has 2 saturated carbocycles. The number of fused-ring (bicyclic) bond motifs is 4. The molecule has 4 aromatic rings. The number of imidazole rings is 2. The number of aliphatic hydroxyl groups is 2. The van der Waals surface area contributed by atoms with Crippen LogP contribution in [-0.2, 0) is 27.2 Å². The summed E-state index contributed by atoms with van der Waals surface area (Å²) in [6.45, 7) is -5.11. The summed E-state index contributed by atoms with van der Waals surface area (Å²) in [5, 5.41) is 20.9. The van der Waals surface area contributed by atoms with Gasteiger partial charge >= 0.3 is 14.6 Å². The molecule has 2 aliphatic heterocycles. The van der Waals surface area contributed by atoms with Crippen LogP contribution in [0.2, 0.25) is 0 Å². The van der Waals surface area contributed by atoms with Gasteiger partial charge < -0.3 is 31.1 Å². The van der Waals surface area contributed by atoms with Crippen LogP contribution in [0.15, 0.2) is 23.8 Å². The number of H-pyrrole nitrogens is 1. The second-order valence-corrected chi connectivity index (χ2v) is 17.2. The summed E-state index contributed by atoms with van der Waals surface area (Å²) in [6.07, 6.45) is -1.18. The van der Waals surface area contributed by atoms with Crippen LogP contribution in [0.3, 0.4) is 0 Å². The fraction of sp³-hybridized carbons (Fsp3) is 0.545. The van der Waals surface area contributed by atoms with Crippen molar-refractivity contribution in [2.75, 3.05) is 24.7 Å². The van der Waals surface area contributed by atoms with E-state index in [9.17, 15) is 29.0 Å². The number of hydrogen-bond donors (Lipinski definition) is 7. The van der Waals surface area contributed by atoms with Gasteiger partial charge in [0.05, 0.1) is 43.3 Å². The Balaban J connectivity index is 1.14. The molecule has 2 bridgehead atoms. The molecule has 0 amide bonds. The third-order valence-corrected chi connectivity index (χ3v) is 13.1. The van der Waals surface area contributed by atoms with Crippen LogP contribution in [0.5, 0.6) is 0 Å². The number of nitrogens with zero attached hydrogens (tertiary/aromatic N) is 7. The van der Waals surface area contributed by atoms with E-state index in [1.54, 1.807) is 4.57 Å². The highest BCUT2D eigenvalue weighted by atomic mass is 32.7. The van der Waals surface area contributed by atoms with E-state index in [1.807, 2.05) is 0 Å². The molecule has 2 unspecified atom stereocenters. The van der Waals surface area contributed by atoms with Gasteiger partial charge in [0.1, 0.15) is 35.5 Å². The van der Waals surface area contributed by atoms with Gasteiger partial charge in [0, 0.05) is 5.41 Å². The largest absolute Gasteiger partial charge is 0.472 e. The maximum absolute atomic E-state index is 13.6.